The second-order valence-electron chi connectivity index (χ2n) is 8.06. The van der Waals surface area contributed by atoms with E-state index in [1.54, 1.807) is 0 Å². The summed E-state index contributed by atoms with van der Waals surface area (Å²) in [4.78, 5) is 0. The molecule has 138 valence electrons. The summed E-state index contributed by atoms with van der Waals surface area (Å²) in [6.07, 6.45) is 0. The summed E-state index contributed by atoms with van der Waals surface area (Å²) in [6.45, 7) is 9.26. The molecule has 28 heavy (non-hydrogen) atoms. The van der Waals surface area contributed by atoms with Crippen LogP contribution < -0.4 is 10.4 Å². The number of benzene rings is 3. The van der Waals surface area contributed by atoms with Crippen LogP contribution in [-0.4, -0.2) is 16.1 Å². The largest absolute Gasteiger partial charge is 0.163 e. The molecule has 0 heterocycles. The Morgan fingerprint density at radius 2 is 0.786 bits per heavy atom. The average molecular weight is 395 g/mol. The Hall–Kier alpha value is -2.79. The molecule has 0 spiro atoms. The minimum Gasteiger partial charge on any atom is -0.121 e. The predicted octanol–water partition coefficient (Wildman–Crippen LogP) is 4.70. The third kappa shape index (κ3) is 5.14. The lowest BCUT2D eigenvalue weighted by molar-refractivity contribution is 1.65. The first kappa shape index (κ1) is 20.0. The fraction of sp³-hybridized carbons (Fsp3) is 0.154. The van der Waals surface area contributed by atoms with Gasteiger partial charge in [0.15, 0.2) is 16.1 Å². The van der Waals surface area contributed by atoms with E-state index < -0.39 is 16.1 Å². The zero-order chi connectivity index (χ0) is 20.0. The van der Waals surface area contributed by atoms with Crippen molar-refractivity contribution in [3.63, 3.8) is 0 Å². The highest BCUT2D eigenvalue weighted by atomic mass is 28.3. The molecule has 0 aliphatic carbocycles. The van der Waals surface area contributed by atoms with Crippen LogP contribution in [0.15, 0.2) is 84.9 Å². The Kier molecular flexibility index (Phi) is 6.05. The van der Waals surface area contributed by atoms with Gasteiger partial charge in [-0.25, -0.2) is 0 Å². The molecule has 0 aromatic heterocycles. The van der Waals surface area contributed by atoms with Gasteiger partial charge in [0, 0.05) is 11.1 Å². The molecule has 0 atom stereocenters. The molecule has 0 nitrogen and oxygen atoms in total. The molecule has 0 aliphatic rings. The minimum absolute atomic E-state index is 1.09. The SMILES string of the molecule is C[Si](C)(C#Cc1ccccc1)c1ccc([Si](C)(C)C#Cc2ccccc2)cc1. The van der Waals surface area contributed by atoms with Gasteiger partial charge in [-0.05, 0) is 34.6 Å². The molecular formula is C26H26Si2. The minimum atomic E-state index is -1.80. The van der Waals surface area contributed by atoms with E-state index >= 15 is 0 Å². The highest BCUT2D eigenvalue weighted by Gasteiger charge is 2.24. The molecule has 0 aliphatic heterocycles. The molecule has 0 bridgehead atoms. The van der Waals surface area contributed by atoms with Crippen LogP contribution in [0.4, 0.5) is 0 Å². The average Bonchev–Trinajstić information content (AvgIpc) is 2.73. The maximum atomic E-state index is 3.57. The molecule has 0 amide bonds. The quantitative estimate of drug-likeness (QED) is 0.437. The second-order valence-corrected chi connectivity index (χ2v) is 16.2. The first-order chi connectivity index (χ1) is 13.4. The molecule has 0 unspecified atom stereocenters. The van der Waals surface area contributed by atoms with Crippen molar-refractivity contribution in [2.45, 2.75) is 26.2 Å². The molecule has 0 N–H and O–H groups in total. The Balaban J connectivity index is 1.81. The summed E-state index contributed by atoms with van der Waals surface area (Å²) in [5.41, 5.74) is 9.31. The number of hydrogen-bond donors (Lipinski definition) is 0. The van der Waals surface area contributed by atoms with Crippen LogP contribution in [0.5, 0.6) is 0 Å². The van der Waals surface area contributed by atoms with Crippen molar-refractivity contribution in [3.05, 3.63) is 96.1 Å². The van der Waals surface area contributed by atoms with E-state index in [0.29, 0.717) is 0 Å². The fourth-order valence-electron chi connectivity index (χ4n) is 2.95. The third-order valence-corrected chi connectivity index (χ3v) is 9.97. The molecular weight excluding hydrogens is 368 g/mol. The highest BCUT2D eigenvalue weighted by Crippen LogP contribution is 2.07. The molecule has 3 aromatic carbocycles. The van der Waals surface area contributed by atoms with E-state index in [0.717, 1.165) is 11.1 Å². The third-order valence-electron chi connectivity index (χ3n) is 4.91. The van der Waals surface area contributed by atoms with Gasteiger partial charge >= 0.3 is 0 Å². The Bertz CT molecular complexity index is 951. The maximum Gasteiger partial charge on any atom is 0.163 e. The molecule has 3 aromatic rings. The van der Waals surface area contributed by atoms with Crippen molar-refractivity contribution >= 4 is 26.5 Å². The predicted molar refractivity (Wildman–Crippen MR) is 127 cm³/mol. The zero-order valence-corrected chi connectivity index (χ0v) is 19.1. The van der Waals surface area contributed by atoms with Crippen LogP contribution in [-0.2, 0) is 0 Å². The standard InChI is InChI=1S/C26H26Si2/c1-27(2,21-19-23-11-7-5-8-12-23)25-15-17-26(18-16-25)28(3,4)22-20-24-13-9-6-10-14-24/h5-18H,1-4H3. The monoisotopic (exact) mass is 394 g/mol. The van der Waals surface area contributed by atoms with Crippen LogP contribution in [0.1, 0.15) is 11.1 Å². The zero-order valence-electron chi connectivity index (χ0n) is 17.1. The second kappa shape index (κ2) is 8.49. The first-order valence-corrected chi connectivity index (χ1v) is 15.6. The molecule has 3 rings (SSSR count). The lowest BCUT2D eigenvalue weighted by Crippen LogP contribution is -2.44. The van der Waals surface area contributed by atoms with Gasteiger partial charge in [-0.2, -0.15) is 0 Å². The van der Waals surface area contributed by atoms with Crippen molar-refractivity contribution in [2.24, 2.45) is 0 Å². The van der Waals surface area contributed by atoms with Crippen molar-refractivity contribution in [3.8, 4) is 22.9 Å². The smallest absolute Gasteiger partial charge is 0.121 e. The van der Waals surface area contributed by atoms with Crippen LogP contribution >= 0.6 is 0 Å². The van der Waals surface area contributed by atoms with Gasteiger partial charge in [-0.1, -0.05) is 98.7 Å². The van der Waals surface area contributed by atoms with Gasteiger partial charge in [0.2, 0.25) is 0 Å². The summed E-state index contributed by atoms with van der Waals surface area (Å²) < 4.78 is 0. The van der Waals surface area contributed by atoms with Crippen molar-refractivity contribution < 1.29 is 0 Å². The Labute approximate surface area is 171 Å². The van der Waals surface area contributed by atoms with E-state index in [2.05, 4.69) is 97.6 Å². The summed E-state index contributed by atoms with van der Waals surface area (Å²) in [5.74, 6) is 6.73. The molecule has 0 radical (unpaired) electrons. The molecule has 0 saturated carbocycles. The van der Waals surface area contributed by atoms with E-state index in [1.165, 1.54) is 10.4 Å². The summed E-state index contributed by atoms with van der Waals surface area (Å²) >= 11 is 0. The maximum absolute atomic E-state index is 3.57. The first-order valence-electron chi connectivity index (χ1n) is 9.64. The van der Waals surface area contributed by atoms with E-state index in [-0.39, 0.29) is 0 Å². The van der Waals surface area contributed by atoms with Gasteiger partial charge in [-0.15, -0.1) is 11.1 Å². The number of hydrogen-bond acceptors (Lipinski definition) is 0. The van der Waals surface area contributed by atoms with Crippen molar-refractivity contribution in [2.75, 3.05) is 0 Å². The number of rotatable bonds is 2. The van der Waals surface area contributed by atoms with Crippen LogP contribution in [0.3, 0.4) is 0 Å². The lowest BCUT2D eigenvalue weighted by atomic mass is 10.2. The topological polar surface area (TPSA) is 0 Å². The van der Waals surface area contributed by atoms with Crippen LogP contribution in [0, 0.1) is 22.9 Å². The Morgan fingerprint density at radius 1 is 0.464 bits per heavy atom. The summed E-state index contributed by atoms with van der Waals surface area (Å²) in [7, 11) is -3.59. The molecule has 2 heteroatoms. The van der Waals surface area contributed by atoms with Gasteiger partial charge in [0.1, 0.15) is 0 Å². The summed E-state index contributed by atoms with van der Waals surface area (Å²) in [5, 5.41) is 2.75. The molecule has 0 saturated heterocycles. The van der Waals surface area contributed by atoms with Gasteiger partial charge in [0.05, 0.1) is 0 Å². The van der Waals surface area contributed by atoms with Gasteiger partial charge < -0.3 is 0 Å². The van der Waals surface area contributed by atoms with E-state index in [1.807, 2.05) is 36.4 Å². The summed E-state index contributed by atoms with van der Waals surface area (Å²) in [6, 6.07) is 29.6. The normalized spacial score (nSPS) is 11.0. The van der Waals surface area contributed by atoms with E-state index in [4.69, 9.17) is 0 Å². The van der Waals surface area contributed by atoms with Crippen LogP contribution in [0.25, 0.3) is 0 Å². The highest BCUT2D eigenvalue weighted by molar-refractivity contribution is 6.97. The van der Waals surface area contributed by atoms with E-state index in [9.17, 15) is 0 Å². The van der Waals surface area contributed by atoms with Crippen LogP contribution in [0.2, 0.25) is 26.2 Å². The van der Waals surface area contributed by atoms with Crippen molar-refractivity contribution in [1.29, 1.82) is 0 Å². The van der Waals surface area contributed by atoms with Crippen molar-refractivity contribution in [1.82, 2.24) is 0 Å². The molecule has 0 fully saturated rings. The van der Waals surface area contributed by atoms with Gasteiger partial charge in [0.25, 0.3) is 0 Å². The lowest BCUT2D eigenvalue weighted by Gasteiger charge is -2.19. The Morgan fingerprint density at radius 3 is 1.11 bits per heavy atom. The van der Waals surface area contributed by atoms with Gasteiger partial charge in [-0.3, -0.25) is 0 Å². The fourth-order valence-corrected chi connectivity index (χ4v) is 6.15.